The van der Waals surface area contributed by atoms with Crippen molar-refractivity contribution < 1.29 is 20.1 Å². The van der Waals surface area contributed by atoms with Crippen molar-refractivity contribution in [2.24, 2.45) is 0 Å². The van der Waals surface area contributed by atoms with E-state index in [1.807, 2.05) is 0 Å². The fraction of sp³-hybridized carbons (Fsp3) is 0. The van der Waals surface area contributed by atoms with Crippen molar-refractivity contribution in [2.45, 2.75) is 0 Å². The summed E-state index contributed by atoms with van der Waals surface area (Å²) in [5.41, 5.74) is 1.74. The van der Waals surface area contributed by atoms with Gasteiger partial charge in [-0.15, -0.1) is 0 Å². The SMILES string of the molecule is O=C(O)/C=C/c1ccccc1-c1cccc(O)c1O. The highest BCUT2D eigenvalue weighted by Crippen LogP contribution is 2.37. The molecule has 2 rings (SSSR count). The number of phenolic OH excluding ortho intramolecular Hbond substituents is 2. The molecule has 0 atom stereocenters. The topological polar surface area (TPSA) is 77.8 Å². The van der Waals surface area contributed by atoms with Crippen molar-refractivity contribution in [3.8, 4) is 22.6 Å². The third kappa shape index (κ3) is 2.74. The molecule has 0 bridgehead atoms. The highest BCUT2D eigenvalue weighted by Gasteiger charge is 2.10. The number of aliphatic carboxylic acids is 1. The molecule has 96 valence electrons. The predicted octanol–water partition coefficient (Wildman–Crippen LogP) is 2.86. The lowest BCUT2D eigenvalue weighted by molar-refractivity contribution is -0.131. The van der Waals surface area contributed by atoms with Gasteiger partial charge in [-0.25, -0.2) is 4.79 Å². The van der Waals surface area contributed by atoms with Crippen molar-refractivity contribution >= 4 is 12.0 Å². The monoisotopic (exact) mass is 256 g/mol. The summed E-state index contributed by atoms with van der Waals surface area (Å²) in [7, 11) is 0. The Morgan fingerprint density at radius 1 is 0.947 bits per heavy atom. The van der Waals surface area contributed by atoms with Gasteiger partial charge in [0.1, 0.15) is 0 Å². The first-order valence-electron chi connectivity index (χ1n) is 5.61. The van der Waals surface area contributed by atoms with Crippen LogP contribution < -0.4 is 0 Å². The van der Waals surface area contributed by atoms with Gasteiger partial charge in [0.2, 0.25) is 0 Å². The zero-order chi connectivity index (χ0) is 13.8. The molecule has 0 aliphatic rings. The molecule has 0 fully saturated rings. The smallest absolute Gasteiger partial charge is 0.328 e. The van der Waals surface area contributed by atoms with Gasteiger partial charge in [-0.1, -0.05) is 36.4 Å². The van der Waals surface area contributed by atoms with Gasteiger partial charge in [0.05, 0.1) is 0 Å². The average Bonchev–Trinajstić information content (AvgIpc) is 2.40. The average molecular weight is 256 g/mol. The van der Waals surface area contributed by atoms with Crippen LogP contribution in [0.15, 0.2) is 48.5 Å². The highest BCUT2D eigenvalue weighted by atomic mass is 16.4. The molecule has 0 radical (unpaired) electrons. The molecule has 0 saturated heterocycles. The number of phenols is 2. The van der Waals surface area contributed by atoms with Gasteiger partial charge >= 0.3 is 5.97 Å². The molecule has 0 aliphatic carbocycles. The summed E-state index contributed by atoms with van der Waals surface area (Å²) in [6.07, 6.45) is 2.47. The standard InChI is InChI=1S/C15H12O4/c16-13-7-3-6-12(15(13)19)11-5-2-1-4-10(11)8-9-14(17)18/h1-9,16,19H,(H,17,18)/b9-8+. The van der Waals surface area contributed by atoms with Crippen LogP contribution in [0.5, 0.6) is 11.5 Å². The Morgan fingerprint density at radius 2 is 1.63 bits per heavy atom. The van der Waals surface area contributed by atoms with Gasteiger partial charge in [-0.05, 0) is 23.3 Å². The molecule has 4 heteroatoms. The minimum atomic E-state index is -1.05. The summed E-state index contributed by atoms with van der Waals surface area (Å²) in [5.74, 6) is -1.48. The molecule has 0 saturated carbocycles. The number of carbonyl (C=O) groups is 1. The fourth-order valence-corrected chi connectivity index (χ4v) is 1.80. The third-order valence-corrected chi connectivity index (χ3v) is 2.67. The second-order valence-electron chi connectivity index (χ2n) is 3.93. The summed E-state index contributed by atoms with van der Waals surface area (Å²) >= 11 is 0. The number of hydrogen-bond donors (Lipinski definition) is 3. The van der Waals surface area contributed by atoms with Gasteiger partial charge in [-0.2, -0.15) is 0 Å². The number of rotatable bonds is 3. The highest BCUT2D eigenvalue weighted by molar-refractivity contribution is 5.88. The van der Waals surface area contributed by atoms with Crippen LogP contribution in [-0.2, 0) is 4.79 Å². The van der Waals surface area contributed by atoms with E-state index >= 15 is 0 Å². The summed E-state index contributed by atoms with van der Waals surface area (Å²) in [5, 5.41) is 28.0. The quantitative estimate of drug-likeness (QED) is 0.583. The molecule has 0 unspecified atom stereocenters. The second-order valence-corrected chi connectivity index (χ2v) is 3.93. The number of benzene rings is 2. The van der Waals surface area contributed by atoms with Crippen LogP contribution in [0.3, 0.4) is 0 Å². The lowest BCUT2D eigenvalue weighted by Crippen LogP contribution is -1.88. The maximum atomic E-state index is 10.6. The first-order chi connectivity index (χ1) is 9.09. The fourth-order valence-electron chi connectivity index (χ4n) is 1.80. The van der Waals surface area contributed by atoms with Gasteiger partial charge in [0.25, 0.3) is 0 Å². The Bertz CT molecular complexity index is 644. The summed E-state index contributed by atoms with van der Waals surface area (Å²) in [6.45, 7) is 0. The largest absolute Gasteiger partial charge is 0.504 e. The van der Waals surface area contributed by atoms with E-state index in [1.54, 1.807) is 36.4 Å². The van der Waals surface area contributed by atoms with Gasteiger partial charge < -0.3 is 15.3 Å². The van der Waals surface area contributed by atoms with Crippen LogP contribution in [0.4, 0.5) is 0 Å². The Balaban J connectivity index is 2.56. The number of aromatic hydroxyl groups is 2. The van der Waals surface area contributed by atoms with Gasteiger partial charge in [0, 0.05) is 11.6 Å². The molecule has 0 spiro atoms. The Kier molecular flexibility index (Phi) is 3.52. The van der Waals surface area contributed by atoms with Crippen LogP contribution in [0.25, 0.3) is 17.2 Å². The molecular formula is C15H12O4. The summed E-state index contributed by atoms with van der Waals surface area (Å²) in [4.78, 5) is 10.6. The van der Waals surface area contributed by atoms with Crippen molar-refractivity contribution in [3.63, 3.8) is 0 Å². The molecular weight excluding hydrogens is 244 g/mol. The number of para-hydroxylation sites is 1. The van der Waals surface area contributed by atoms with E-state index in [9.17, 15) is 15.0 Å². The normalized spacial score (nSPS) is 10.7. The van der Waals surface area contributed by atoms with Crippen molar-refractivity contribution in [2.75, 3.05) is 0 Å². The zero-order valence-corrected chi connectivity index (χ0v) is 9.95. The number of hydrogen-bond acceptors (Lipinski definition) is 3. The molecule has 2 aromatic rings. The van der Waals surface area contributed by atoms with Crippen LogP contribution in [0.2, 0.25) is 0 Å². The molecule has 0 aromatic heterocycles. The van der Waals surface area contributed by atoms with Gasteiger partial charge in [0.15, 0.2) is 11.5 Å². The maximum absolute atomic E-state index is 10.6. The number of carboxylic acid groups (broad SMARTS) is 1. The van der Waals surface area contributed by atoms with E-state index in [2.05, 4.69) is 0 Å². The summed E-state index contributed by atoms with van der Waals surface area (Å²) in [6, 6.07) is 11.7. The van der Waals surface area contributed by atoms with E-state index in [0.717, 1.165) is 6.08 Å². The Hall–Kier alpha value is -2.75. The van der Waals surface area contributed by atoms with Crippen molar-refractivity contribution in [3.05, 3.63) is 54.1 Å². The van der Waals surface area contributed by atoms with Crippen molar-refractivity contribution in [1.29, 1.82) is 0 Å². The van der Waals surface area contributed by atoms with E-state index in [-0.39, 0.29) is 11.5 Å². The Labute approximate surface area is 109 Å². The predicted molar refractivity (Wildman–Crippen MR) is 71.9 cm³/mol. The third-order valence-electron chi connectivity index (χ3n) is 2.67. The lowest BCUT2D eigenvalue weighted by Gasteiger charge is -2.09. The zero-order valence-electron chi connectivity index (χ0n) is 9.95. The molecule has 2 aromatic carbocycles. The molecule has 3 N–H and O–H groups in total. The van der Waals surface area contributed by atoms with Gasteiger partial charge in [-0.3, -0.25) is 0 Å². The van der Waals surface area contributed by atoms with Crippen LogP contribution in [0.1, 0.15) is 5.56 Å². The van der Waals surface area contributed by atoms with E-state index < -0.39 is 5.97 Å². The second kappa shape index (κ2) is 5.27. The molecule has 0 amide bonds. The molecule has 19 heavy (non-hydrogen) atoms. The molecule has 0 heterocycles. The first kappa shape index (κ1) is 12.7. The van der Waals surface area contributed by atoms with E-state index in [0.29, 0.717) is 16.7 Å². The maximum Gasteiger partial charge on any atom is 0.328 e. The lowest BCUT2D eigenvalue weighted by atomic mass is 9.98. The van der Waals surface area contributed by atoms with Crippen LogP contribution in [-0.4, -0.2) is 21.3 Å². The summed E-state index contributed by atoms with van der Waals surface area (Å²) < 4.78 is 0. The molecule has 0 aliphatic heterocycles. The Morgan fingerprint density at radius 3 is 2.37 bits per heavy atom. The minimum Gasteiger partial charge on any atom is -0.504 e. The number of carboxylic acids is 1. The van der Waals surface area contributed by atoms with Crippen LogP contribution >= 0.6 is 0 Å². The molecule has 4 nitrogen and oxygen atoms in total. The first-order valence-corrected chi connectivity index (χ1v) is 5.61. The minimum absolute atomic E-state index is 0.213. The van der Waals surface area contributed by atoms with Crippen LogP contribution in [0, 0.1) is 0 Å². The van der Waals surface area contributed by atoms with E-state index in [4.69, 9.17) is 5.11 Å². The van der Waals surface area contributed by atoms with E-state index in [1.165, 1.54) is 12.1 Å². The van der Waals surface area contributed by atoms with Crippen molar-refractivity contribution in [1.82, 2.24) is 0 Å².